The smallest absolute Gasteiger partial charge is 0.243 e. The highest BCUT2D eigenvalue weighted by atomic mass is 32.2. The van der Waals surface area contributed by atoms with E-state index in [-0.39, 0.29) is 17.3 Å². The van der Waals surface area contributed by atoms with E-state index in [4.69, 9.17) is 5.73 Å². The Morgan fingerprint density at radius 3 is 2.68 bits per heavy atom. The van der Waals surface area contributed by atoms with Crippen LogP contribution in [-0.2, 0) is 10.0 Å². The van der Waals surface area contributed by atoms with E-state index >= 15 is 0 Å². The average molecular weight is 306 g/mol. The summed E-state index contributed by atoms with van der Waals surface area (Å²) in [4.78, 5) is -0.390. The second-order valence-corrected chi connectivity index (χ2v) is 7.33. The van der Waals surface area contributed by atoms with Crippen molar-refractivity contribution in [1.29, 1.82) is 0 Å². The Kier molecular flexibility index (Phi) is 5.64. The number of nitrogens with one attached hydrogen (secondary N) is 1. The predicted octanol–water partition coefficient (Wildman–Crippen LogP) is 2.14. The number of aryl methyl sites for hydroxylation is 1. The number of benzene rings is 1. The van der Waals surface area contributed by atoms with Crippen LogP contribution in [-0.4, -0.2) is 26.0 Å². The predicted molar refractivity (Wildman–Crippen MR) is 78.3 cm³/mol. The molecule has 0 fully saturated rings. The lowest BCUT2D eigenvalue weighted by Gasteiger charge is -2.15. The Labute approximate surface area is 118 Å². The van der Waals surface area contributed by atoms with Crippen LogP contribution in [0.1, 0.15) is 19.4 Å². The third-order valence-corrected chi connectivity index (χ3v) is 5.19. The van der Waals surface area contributed by atoms with Crippen molar-refractivity contribution in [3.63, 3.8) is 0 Å². The van der Waals surface area contributed by atoms with Gasteiger partial charge in [-0.2, -0.15) is 11.8 Å². The number of nitrogen functional groups attached to an aromatic ring is 1. The number of hydrogen-bond donors (Lipinski definition) is 2. The Balaban J connectivity index is 3.01. The van der Waals surface area contributed by atoms with Gasteiger partial charge < -0.3 is 5.73 Å². The zero-order chi connectivity index (χ0) is 14.6. The van der Waals surface area contributed by atoms with Crippen molar-refractivity contribution >= 4 is 27.5 Å². The van der Waals surface area contributed by atoms with Crippen molar-refractivity contribution in [2.45, 2.75) is 31.7 Å². The normalized spacial score (nSPS) is 13.5. The molecule has 19 heavy (non-hydrogen) atoms. The highest BCUT2D eigenvalue weighted by Crippen LogP contribution is 2.21. The molecule has 1 rings (SSSR count). The van der Waals surface area contributed by atoms with E-state index in [1.54, 1.807) is 18.7 Å². The van der Waals surface area contributed by atoms with Crippen LogP contribution in [0.2, 0.25) is 0 Å². The molecule has 0 aromatic heterocycles. The zero-order valence-electron chi connectivity index (χ0n) is 11.2. The lowest BCUT2D eigenvalue weighted by molar-refractivity contribution is 0.547. The molecule has 0 bridgehead atoms. The van der Waals surface area contributed by atoms with Crippen molar-refractivity contribution in [3.8, 4) is 0 Å². The zero-order valence-corrected chi connectivity index (χ0v) is 12.9. The van der Waals surface area contributed by atoms with Gasteiger partial charge in [-0.3, -0.25) is 0 Å². The largest absolute Gasteiger partial charge is 0.399 e. The second-order valence-electron chi connectivity index (χ2n) is 4.33. The lowest BCUT2D eigenvalue weighted by atomic mass is 10.2. The first-order chi connectivity index (χ1) is 8.77. The fourth-order valence-electron chi connectivity index (χ4n) is 1.62. The highest BCUT2D eigenvalue weighted by Gasteiger charge is 2.23. The van der Waals surface area contributed by atoms with Gasteiger partial charge in [0.25, 0.3) is 0 Å². The molecule has 0 aliphatic heterocycles. The molecule has 0 saturated heterocycles. The minimum atomic E-state index is -3.88. The van der Waals surface area contributed by atoms with Gasteiger partial charge in [-0.05, 0) is 37.3 Å². The third-order valence-electron chi connectivity index (χ3n) is 2.46. The first-order valence-electron chi connectivity index (χ1n) is 5.93. The maximum Gasteiger partial charge on any atom is 0.243 e. The third kappa shape index (κ3) is 4.36. The number of thioether (sulfide) groups is 1. The molecule has 7 heteroatoms. The van der Waals surface area contributed by atoms with E-state index in [1.807, 2.05) is 6.92 Å². The molecule has 0 amide bonds. The molecule has 0 aliphatic carbocycles. The van der Waals surface area contributed by atoms with E-state index in [2.05, 4.69) is 4.72 Å². The molecule has 1 unspecified atom stereocenters. The van der Waals surface area contributed by atoms with Gasteiger partial charge >= 0.3 is 0 Å². The molecule has 3 N–H and O–H groups in total. The summed E-state index contributed by atoms with van der Waals surface area (Å²) >= 11 is 1.62. The van der Waals surface area contributed by atoms with E-state index < -0.39 is 20.7 Å². The Morgan fingerprint density at radius 2 is 2.11 bits per heavy atom. The molecule has 0 saturated carbocycles. The number of anilines is 1. The number of halogens is 1. The van der Waals surface area contributed by atoms with Crippen LogP contribution < -0.4 is 10.5 Å². The lowest BCUT2D eigenvalue weighted by Crippen LogP contribution is -2.35. The molecule has 0 spiro atoms. The van der Waals surface area contributed by atoms with Gasteiger partial charge in [-0.1, -0.05) is 6.92 Å². The summed E-state index contributed by atoms with van der Waals surface area (Å²) in [6, 6.07) is 2.28. The van der Waals surface area contributed by atoms with Crippen molar-refractivity contribution in [2.24, 2.45) is 0 Å². The van der Waals surface area contributed by atoms with Crippen molar-refractivity contribution < 1.29 is 12.8 Å². The quantitative estimate of drug-likeness (QED) is 0.790. The maximum atomic E-state index is 13.9. The maximum absolute atomic E-state index is 13.9. The Hall–Kier alpha value is -0.790. The Bertz CT molecular complexity index is 547. The molecule has 4 nitrogen and oxygen atoms in total. The van der Waals surface area contributed by atoms with Gasteiger partial charge in [0, 0.05) is 17.5 Å². The van der Waals surface area contributed by atoms with Crippen LogP contribution in [0, 0.1) is 12.7 Å². The highest BCUT2D eigenvalue weighted by molar-refractivity contribution is 7.99. The van der Waals surface area contributed by atoms with Crippen molar-refractivity contribution in [1.82, 2.24) is 4.72 Å². The molecular weight excluding hydrogens is 287 g/mol. The van der Waals surface area contributed by atoms with Crippen LogP contribution in [0.5, 0.6) is 0 Å². The minimum Gasteiger partial charge on any atom is -0.399 e. The van der Waals surface area contributed by atoms with Crippen LogP contribution in [0.3, 0.4) is 0 Å². The van der Waals surface area contributed by atoms with Crippen molar-refractivity contribution in [3.05, 3.63) is 23.5 Å². The summed E-state index contributed by atoms with van der Waals surface area (Å²) in [5.74, 6) is 0.785. The molecular formula is C12H19FN2O2S2. The summed E-state index contributed by atoms with van der Waals surface area (Å²) < 4.78 is 40.6. The molecule has 0 heterocycles. The van der Waals surface area contributed by atoms with Crippen LogP contribution in [0.15, 0.2) is 17.0 Å². The van der Waals surface area contributed by atoms with Crippen molar-refractivity contribution in [2.75, 3.05) is 17.2 Å². The van der Waals surface area contributed by atoms with Gasteiger partial charge in [0.1, 0.15) is 10.7 Å². The number of nitrogens with two attached hydrogens (primary N) is 1. The number of sulfonamides is 1. The molecule has 0 aliphatic rings. The Morgan fingerprint density at radius 1 is 1.47 bits per heavy atom. The number of rotatable bonds is 6. The summed E-state index contributed by atoms with van der Waals surface area (Å²) in [6.07, 6.45) is 0. The van der Waals surface area contributed by atoms with Gasteiger partial charge in [-0.15, -0.1) is 0 Å². The fourth-order valence-corrected chi connectivity index (χ4v) is 3.82. The average Bonchev–Trinajstić information content (AvgIpc) is 2.30. The van der Waals surface area contributed by atoms with Crippen LogP contribution in [0.4, 0.5) is 10.1 Å². The molecule has 1 aromatic carbocycles. The topological polar surface area (TPSA) is 72.2 Å². The van der Waals surface area contributed by atoms with Crippen LogP contribution >= 0.6 is 11.8 Å². The molecule has 1 aromatic rings. The second kappa shape index (κ2) is 6.58. The van der Waals surface area contributed by atoms with Gasteiger partial charge in [0.15, 0.2) is 0 Å². The van der Waals surface area contributed by atoms with E-state index in [9.17, 15) is 12.8 Å². The van der Waals surface area contributed by atoms with Gasteiger partial charge in [0.2, 0.25) is 10.0 Å². The van der Waals surface area contributed by atoms with E-state index in [0.717, 1.165) is 11.8 Å². The SMILES string of the molecule is CCSCC(C)NS(=O)(=O)c1cc(N)cc(C)c1F. The summed E-state index contributed by atoms with van der Waals surface area (Å²) in [5.41, 5.74) is 6.02. The number of hydrogen-bond acceptors (Lipinski definition) is 4. The first-order valence-corrected chi connectivity index (χ1v) is 8.57. The standard InChI is InChI=1S/C12H19FN2O2S2/c1-4-18-7-9(3)15-19(16,17)11-6-10(14)5-8(2)12(11)13/h5-6,9,15H,4,7,14H2,1-3H3. The fraction of sp³-hybridized carbons (Fsp3) is 0.500. The minimum absolute atomic E-state index is 0.218. The van der Waals surface area contributed by atoms with Gasteiger partial charge in [-0.25, -0.2) is 17.5 Å². The molecule has 108 valence electrons. The first kappa shape index (κ1) is 16.3. The molecule has 0 radical (unpaired) electrons. The van der Waals surface area contributed by atoms with E-state index in [1.165, 1.54) is 13.0 Å². The monoisotopic (exact) mass is 306 g/mol. The summed E-state index contributed by atoms with van der Waals surface area (Å²) in [7, 11) is -3.88. The van der Waals surface area contributed by atoms with E-state index in [0.29, 0.717) is 5.75 Å². The summed E-state index contributed by atoms with van der Waals surface area (Å²) in [5, 5.41) is 0. The summed E-state index contributed by atoms with van der Waals surface area (Å²) in [6.45, 7) is 5.23. The molecule has 1 atom stereocenters. The van der Waals surface area contributed by atoms with Crippen LogP contribution in [0.25, 0.3) is 0 Å². The van der Waals surface area contributed by atoms with Gasteiger partial charge in [0.05, 0.1) is 0 Å².